The van der Waals surface area contributed by atoms with Crippen molar-refractivity contribution in [3.63, 3.8) is 0 Å². The summed E-state index contributed by atoms with van der Waals surface area (Å²) >= 11 is 0. The Labute approximate surface area is 171 Å². The molecule has 154 valence electrons. The van der Waals surface area contributed by atoms with Crippen LogP contribution in [0.3, 0.4) is 0 Å². The summed E-state index contributed by atoms with van der Waals surface area (Å²) in [5.41, 5.74) is 0. The maximum atomic E-state index is 11.5. The molecule has 2 rings (SSSR count). The third-order valence-corrected chi connectivity index (χ3v) is 10.8. The first-order chi connectivity index (χ1) is 13.0. The van der Waals surface area contributed by atoms with Gasteiger partial charge < -0.3 is 4.43 Å². The van der Waals surface area contributed by atoms with Gasteiger partial charge in [-0.15, -0.1) is 0 Å². The SMILES string of the molecule is CC(CO[Si](c1ccccc1)(c1ccccc1)C(C)(C)C)C(C)OS(C)(=O)=O. The number of hydrogen-bond donors (Lipinski definition) is 0. The van der Waals surface area contributed by atoms with Crippen LogP contribution in [0.2, 0.25) is 5.04 Å². The van der Waals surface area contributed by atoms with E-state index in [2.05, 4.69) is 45.0 Å². The van der Waals surface area contributed by atoms with E-state index in [9.17, 15) is 8.42 Å². The largest absolute Gasteiger partial charge is 0.407 e. The maximum Gasteiger partial charge on any atom is 0.264 e. The second-order valence-corrected chi connectivity index (χ2v) is 14.4. The van der Waals surface area contributed by atoms with Crippen LogP contribution in [0, 0.1) is 5.92 Å². The minimum atomic E-state index is -3.50. The molecule has 28 heavy (non-hydrogen) atoms. The van der Waals surface area contributed by atoms with Crippen molar-refractivity contribution in [2.75, 3.05) is 12.9 Å². The summed E-state index contributed by atoms with van der Waals surface area (Å²) in [5, 5.41) is 2.30. The zero-order valence-electron chi connectivity index (χ0n) is 17.7. The van der Waals surface area contributed by atoms with E-state index in [0.29, 0.717) is 6.61 Å². The first-order valence-electron chi connectivity index (χ1n) is 9.60. The van der Waals surface area contributed by atoms with Gasteiger partial charge in [0.15, 0.2) is 0 Å². The molecule has 0 radical (unpaired) electrons. The van der Waals surface area contributed by atoms with Crippen molar-refractivity contribution in [3.8, 4) is 0 Å². The van der Waals surface area contributed by atoms with E-state index in [0.717, 1.165) is 6.26 Å². The van der Waals surface area contributed by atoms with Crippen LogP contribution >= 0.6 is 0 Å². The van der Waals surface area contributed by atoms with E-state index in [4.69, 9.17) is 8.61 Å². The van der Waals surface area contributed by atoms with Gasteiger partial charge in [-0.3, -0.25) is 4.18 Å². The van der Waals surface area contributed by atoms with Gasteiger partial charge >= 0.3 is 0 Å². The van der Waals surface area contributed by atoms with E-state index < -0.39 is 24.5 Å². The minimum Gasteiger partial charge on any atom is -0.407 e. The molecule has 0 aromatic heterocycles. The normalized spacial score (nSPS) is 15.2. The molecule has 0 aliphatic heterocycles. The van der Waals surface area contributed by atoms with Gasteiger partial charge in [0, 0.05) is 12.5 Å². The molecule has 2 atom stereocenters. The van der Waals surface area contributed by atoms with Crippen LogP contribution in [-0.4, -0.2) is 35.7 Å². The molecule has 0 fully saturated rings. The third kappa shape index (κ3) is 5.32. The lowest BCUT2D eigenvalue weighted by Crippen LogP contribution is -2.67. The highest BCUT2D eigenvalue weighted by molar-refractivity contribution is 7.86. The maximum absolute atomic E-state index is 11.5. The highest BCUT2D eigenvalue weighted by atomic mass is 32.2. The number of benzene rings is 2. The Morgan fingerprint density at radius 2 is 1.32 bits per heavy atom. The van der Waals surface area contributed by atoms with Crippen molar-refractivity contribution in [2.45, 2.75) is 45.8 Å². The fourth-order valence-electron chi connectivity index (χ4n) is 3.52. The molecule has 0 saturated carbocycles. The Hall–Kier alpha value is -1.47. The highest BCUT2D eigenvalue weighted by Gasteiger charge is 2.50. The van der Waals surface area contributed by atoms with Crippen molar-refractivity contribution in [3.05, 3.63) is 60.7 Å². The van der Waals surface area contributed by atoms with Gasteiger partial charge in [-0.25, -0.2) is 0 Å². The minimum absolute atomic E-state index is 0.0728. The summed E-state index contributed by atoms with van der Waals surface area (Å²) in [6.45, 7) is 10.8. The van der Waals surface area contributed by atoms with E-state index in [1.165, 1.54) is 10.4 Å². The summed E-state index contributed by atoms with van der Waals surface area (Å²) in [6, 6.07) is 20.8. The Morgan fingerprint density at radius 3 is 1.68 bits per heavy atom. The molecule has 0 spiro atoms. The molecule has 0 bridgehead atoms. The van der Waals surface area contributed by atoms with Crippen LogP contribution in [0.1, 0.15) is 34.6 Å². The van der Waals surface area contributed by atoms with Crippen molar-refractivity contribution >= 4 is 28.8 Å². The first-order valence-corrected chi connectivity index (χ1v) is 13.3. The van der Waals surface area contributed by atoms with Crippen molar-refractivity contribution in [1.82, 2.24) is 0 Å². The summed E-state index contributed by atoms with van der Waals surface area (Å²) in [4.78, 5) is 0. The Morgan fingerprint density at radius 1 is 0.893 bits per heavy atom. The topological polar surface area (TPSA) is 52.6 Å². The van der Waals surface area contributed by atoms with Gasteiger partial charge in [-0.05, 0) is 22.3 Å². The predicted octanol–water partition coefficient (Wildman–Crippen LogP) is 3.56. The molecule has 0 amide bonds. The lowest BCUT2D eigenvalue weighted by molar-refractivity contribution is 0.121. The van der Waals surface area contributed by atoms with Crippen LogP contribution in [-0.2, 0) is 18.7 Å². The summed E-state index contributed by atoms with van der Waals surface area (Å²) < 4.78 is 35.0. The summed E-state index contributed by atoms with van der Waals surface area (Å²) in [7, 11) is -6.12. The van der Waals surface area contributed by atoms with Crippen LogP contribution < -0.4 is 10.4 Å². The molecule has 0 saturated heterocycles. The molecule has 0 aliphatic carbocycles. The summed E-state index contributed by atoms with van der Waals surface area (Å²) in [5.74, 6) is -0.0728. The molecular formula is C22H32O4SSi. The van der Waals surface area contributed by atoms with E-state index in [1.54, 1.807) is 6.92 Å². The zero-order chi connectivity index (χ0) is 21.0. The van der Waals surface area contributed by atoms with E-state index in [-0.39, 0.29) is 11.0 Å². The summed E-state index contributed by atoms with van der Waals surface area (Å²) in [6.07, 6.45) is 0.632. The molecular weight excluding hydrogens is 388 g/mol. The Kier molecular flexibility index (Phi) is 7.25. The number of hydrogen-bond acceptors (Lipinski definition) is 4. The molecule has 0 aliphatic rings. The van der Waals surface area contributed by atoms with Gasteiger partial charge in [0.2, 0.25) is 0 Å². The second-order valence-electron chi connectivity index (χ2n) is 8.46. The molecule has 0 heterocycles. The molecule has 2 unspecified atom stereocenters. The third-order valence-electron chi connectivity index (χ3n) is 5.11. The van der Waals surface area contributed by atoms with Crippen LogP contribution in [0.5, 0.6) is 0 Å². The van der Waals surface area contributed by atoms with E-state index >= 15 is 0 Å². The van der Waals surface area contributed by atoms with Gasteiger partial charge in [-0.2, -0.15) is 8.42 Å². The zero-order valence-corrected chi connectivity index (χ0v) is 19.5. The molecule has 2 aromatic rings. The molecule has 4 nitrogen and oxygen atoms in total. The average Bonchev–Trinajstić information content (AvgIpc) is 2.61. The van der Waals surface area contributed by atoms with Crippen molar-refractivity contribution in [1.29, 1.82) is 0 Å². The van der Waals surface area contributed by atoms with Crippen LogP contribution in [0.15, 0.2) is 60.7 Å². The lowest BCUT2D eigenvalue weighted by atomic mass is 10.1. The Balaban J connectivity index is 2.45. The second kappa shape index (κ2) is 8.90. The molecule has 6 heteroatoms. The van der Waals surface area contributed by atoms with Gasteiger partial charge in [0.1, 0.15) is 0 Å². The molecule has 0 N–H and O–H groups in total. The van der Waals surface area contributed by atoms with Gasteiger partial charge in [0.05, 0.1) is 12.4 Å². The fourth-order valence-corrected chi connectivity index (χ4v) is 8.93. The first kappa shape index (κ1) is 22.8. The van der Waals surface area contributed by atoms with Crippen LogP contribution in [0.25, 0.3) is 0 Å². The fraction of sp³-hybridized carbons (Fsp3) is 0.455. The quantitative estimate of drug-likeness (QED) is 0.484. The van der Waals surface area contributed by atoms with Gasteiger partial charge in [-0.1, -0.05) is 88.4 Å². The van der Waals surface area contributed by atoms with E-state index in [1.807, 2.05) is 43.3 Å². The number of rotatable bonds is 8. The van der Waals surface area contributed by atoms with Crippen molar-refractivity contribution in [2.24, 2.45) is 5.92 Å². The standard InChI is InChI=1S/C22H32O4SSi/c1-18(19(2)26-27(6,23)24)17-25-28(22(3,4)5,20-13-9-7-10-14-20)21-15-11-8-12-16-21/h7-16,18-19H,17H2,1-6H3. The molecule has 2 aromatic carbocycles. The average molecular weight is 421 g/mol. The monoisotopic (exact) mass is 420 g/mol. The lowest BCUT2D eigenvalue weighted by Gasteiger charge is -2.43. The predicted molar refractivity (Wildman–Crippen MR) is 118 cm³/mol. The van der Waals surface area contributed by atoms with Crippen LogP contribution in [0.4, 0.5) is 0 Å². The van der Waals surface area contributed by atoms with Crippen molar-refractivity contribution < 1.29 is 17.0 Å². The highest BCUT2D eigenvalue weighted by Crippen LogP contribution is 2.37. The smallest absolute Gasteiger partial charge is 0.264 e. The Bertz CT molecular complexity index is 806. The van der Waals surface area contributed by atoms with Gasteiger partial charge in [0.25, 0.3) is 18.4 Å².